The summed E-state index contributed by atoms with van der Waals surface area (Å²) in [5.74, 6) is 3.06. The first-order valence-electron chi connectivity index (χ1n) is 8.59. The highest BCUT2D eigenvalue weighted by molar-refractivity contribution is 7.99. The summed E-state index contributed by atoms with van der Waals surface area (Å²) in [6.45, 7) is 2.38. The highest BCUT2D eigenvalue weighted by Gasteiger charge is 2.22. The number of nitrogens with zero attached hydrogens (tertiary/aromatic N) is 1. The van der Waals surface area contributed by atoms with Crippen molar-refractivity contribution in [2.24, 2.45) is 0 Å². The van der Waals surface area contributed by atoms with Gasteiger partial charge in [0.25, 0.3) is 11.5 Å². The van der Waals surface area contributed by atoms with Gasteiger partial charge < -0.3 is 19.4 Å². The quantitative estimate of drug-likeness (QED) is 0.891. The van der Waals surface area contributed by atoms with Crippen molar-refractivity contribution in [1.82, 2.24) is 9.88 Å². The molecule has 0 radical (unpaired) electrons. The van der Waals surface area contributed by atoms with Gasteiger partial charge in [-0.05, 0) is 48.4 Å². The molecule has 0 aliphatic carbocycles. The number of carbonyl (C=O) groups excluding carboxylic acids is 1. The van der Waals surface area contributed by atoms with Gasteiger partial charge in [-0.3, -0.25) is 9.59 Å². The second-order valence-electron chi connectivity index (χ2n) is 6.53. The Balaban J connectivity index is 1.59. The molecule has 2 aromatic rings. The van der Waals surface area contributed by atoms with E-state index >= 15 is 0 Å². The fourth-order valence-electron chi connectivity index (χ4n) is 3.21. The van der Waals surface area contributed by atoms with E-state index in [9.17, 15) is 9.59 Å². The van der Waals surface area contributed by atoms with E-state index in [1.54, 1.807) is 17.7 Å². The van der Waals surface area contributed by atoms with E-state index in [1.807, 2.05) is 36.0 Å². The van der Waals surface area contributed by atoms with Crippen LogP contribution in [0.5, 0.6) is 11.5 Å². The number of aryl methyl sites for hydroxylation is 1. The second-order valence-corrected chi connectivity index (χ2v) is 7.68. The van der Waals surface area contributed by atoms with Crippen LogP contribution in [-0.2, 0) is 6.54 Å². The minimum Gasteiger partial charge on any atom is -0.454 e. The monoisotopic (exact) mass is 372 g/mol. The molecule has 3 heterocycles. The van der Waals surface area contributed by atoms with Gasteiger partial charge in [0, 0.05) is 18.0 Å². The average molecular weight is 372 g/mol. The van der Waals surface area contributed by atoms with E-state index in [4.69, 9.17) is 9.47 Å². The van der Waals surface area contributed by atoms with Crippen LogP contribution in [0.1, 0.15) is 27.9 Å². The molecule has 2 aliphatic heterocycles. The third kappa shape index (κ3) is 3.31. The van der Waals surface area contributed by atoms with Gasteiger partial charge in [0.15, 0.2) is 11.5 Å². The van der Waals surface area contributed by atoms with Gasteiger partial charge >= 0.3 is 0 Å². The van der Waals surface area contributed by atoms with Gasteiger partial charge in [-0.25, -0.2) is 0 Å². The Kier molecular flexibility index (Phi) is 4.63. The van der Waals surface area contributed by atoms with Crippen molar-refractivity contribution in [3.05, 3.63) is 57.5 Å². The predicted molar refractivity (Wildman–Crippen MR) is 100 cm³/mol. The third-order valence-corrected chi connectivity index (χ3v) is 5.82. The summed E-state index contributed by atoms with van der Waals surface area (Å²) < 4.78 is 12.3. The number of thioether (sulfide) groups is 1. The van der Waals surface area contributed by atoms with Crippen molar-refractivity contribution in [2.45, 2.75) is 25.9 Å². The molecule has 4 rings (SSSR count). The Bertz CT molecular complexity index is 903. The smallest absolute Gasteiger partial charge is 0.263 e. The lowest BCUT2D eigenvalue weighted by atomic mass is 10.1. The number of nitrogens with one attached hydrogen (secondary N) is 1. The number of pyridine rings is 1. The molecule has 1 N–H and O–H groups in total. The predicted octanol–water partition coefficient (Wildman–Crippen LogP) is 2.17. The molecule has 1 aromatic carbocycles. The van der Waals surface area contributed by atoms with Crippen molar-refractivity contribution in [1.29, 1.82) is 0 Å². The number of benzene rings is 1. The summed E-state index contributed by atoms with van der Waals surface area (Å²) in [6.07, 6.45) is 2.68. The number of hydrogen-bond donors (Lipinski definition) is 1. The lowest BCUT2D eigenvalue weighted by Gasteiger charge is -2.14. The van der Waals surface area contributed by atoms with Crippen molar-refractivity contribution in [3.8, 4) is 11.5 Å². The first-order valence-corrected chi connectivity index (χ1v) is 9.74. The molecule has 1 saturated heterocycles. The van der Waals surface area contributed by atoms with Crippen LogP contribution in [0.2, 0.25) is 0 Å². The van der Waals surface area contributed by atoms with Crippen LogP contribution < -0.4 is 20.3 Å². The van der Waals surface area contributed by atoms with E-state index < -0.39 is 0 Å². The fourth-order valence-corrected chi connectivity index (χ4v) is 4.36. The first-order chi connectivity index (χ1) is 12.6. The van der Waals surface area contributed by atoms with Crippen LogP contribution in [0.4, 0.5) is 0 Å². The lowest BCUT2D eigenvalue weighted by molar-refractivity contribution is 0.0938. The van der Waals surface area contributed by atoms with Gasteiger partial charge in [-0.1, -0.05) is 6.07 Å². The maximum absolute atomic E-state index is 12.9. The maximum Gasteiger partial charge on any atom is 0.263 e. The number of amides is 1. The van der Waals surface area contributed by atoms with Crippen molar-refractivity contribution in [2.75, 3.05) is 18.3 Å². The zero-order valence-corrected chi connectivity index (χ0v) is 15.3. The standard InChI is InChI=1S/C19H20N2O4S/c1-12-4-6-21(9-13-2-3-15-16(8-13)25-11-24-15)19(23)17(12)18(22)20-14-5-7-26-10-14/h2-4,6,8,14H,5,7,9-11H2,1H3,(H,20,22). The van der Waals surface area contributed by atoms with Gasteiger partial charge in [0.2, 0.25) is 6.79 Å². The Morgan fingerprint density at radius 3 is 2.96 bits per heavy atom. The molecule has 26 heavy (non-hydrogen) atoms. The van der Waals surface area contributed by atoms with Crippen LogP contribution in [0.25, 0.3) is 0 Å². The van der Waals surface area contributed by atoms with Crippen molar-refractivity contribution < 1.29 is 14.3 Å². The number of fused-ring (bicyclic) bond motifs is 1. The third-order valence-electron chi connectivity index (χ3n) is 4.66. The van der Waals surface area contributed by atoms with Crippen LogP contribution in [-0.4, -0.2) is 34.8 Å². The van der Waals surface area contributed by atoms with Crippen molar-refractivity contribution in [3.63, 3.8) is 0 Å². The van der Waals surface area contributed by atoms with Crippen LogP contribution >= 0.6 is 11.8 Å². The average Bonchev–Trinajstić information content (AvgIpc) is 3.28. The Hall–Kier alpha value is -2.41. The number of rotatable bonds is 4. The topological polar surface area (TPSA) is 69.6 Å². The molecule has 1 atom stereocenters. The summed E-state index contributed by atoms with van der Waals surface area (Å²) in [4.78, 5) is 25.5. The summed E-state index contributed by atoms with van der Waals surface area (Å²) >= 11 is 1.82. The largest absolute Gasteiger partial charge is 0.454 e. The molecule has 0 saturated carbocycles. The zero-order chi connectivity index (χ0) is 18.1. The van der Waals surface area contributed by atoms with Crippen LogP contribution in [0, 0.1) is 6.92 Å². The molecular weight excluding hydrogens is 352 g/mol. The molecule has 1 unspecified atom stereocenters. The van der Waals surface area contributed by atoms with Crippen LogP contribution in [0.15, 0.2) is 35.3 Å². The summed E-state index contributed by atoms with van der Waals surface area (Å²) in [5.41, 5.74) is 1.56. The molecule has 7 heteroatoms. The number of carbonyl (C=O) groups is 1. The van der Waals surface area contributed by atoms with Gasteiger partial charge in [-0.15, -0.1) is 0 Å². The minimum atomic E-state index is -0.278. The Morgan fingerprint density at radius 1 is 1.31 bits per heavy atom. The molecule has 0 bridgehead atoms. The molecule has 1 fully saturated rings. The molecule has 1 amide bonds. The number of aromatic nitrogens is 1. The minimum absolute atomic E-state index is 0.147. The fraction of sp³-hybridized carbons (Fsp3) is 0.368. The molecule has 136 valence electrons. The maximum atomic E-state index is 12.9. The highest BCUT2D eigenvalue weighted by Crippen LogP contribution is 2.32. The first kappa shape index (κ1) is 17.0. The Morgan fingerprint density at radius 2 is 2.15 bits per heavy atom. The summed E-state index contributed by atoms with van der Waals surface area (Å²) in [6, 6.07) is 7.56. The van der Waals surface area contributed by atoms with E-state index in [0.29, 0.717) is 23.6 Å². The highest BCUT2D eigenvalue weighted by atomic mass is 32.2. The lowest BCUT2D eigenvalue weighted by Crippen LogP contribution is -2.39. The summed E-state index contributed by atoms with van der Waals surface area (Å²) in [5, 5.41) is 2.99. The number of hydrogen-bond acceptors (Lipinski definition) is 5. The molecule has 0 spiro atoms. The summed E-state index contributed by atoms with van der Waals surface area (Å²) in [7, 11) is 0. The Labute approximate surface area is 155 Å². The van der Waals surface area contributed by atoms with Gasteiger partial charge in [-0.2, -0.15) is 11.8 Å². The van der Waals surface area contributed by atoms with E-state index in [0.717, 1.165) is 23.5 Å². The van der Waals surface area contributed by atoms with Gasteiger partial charge in [0.05, 0.1) is 6.54 Å². The van der Waals surface area contributed by atoms with E-state index in [1.165, 1.54) is 0 Å². The molecule has 1 aromatic heterocycles. The second kappa shape index (κ2) is 7.07. The normalized spacial score (nSPS) is 18.1. The molecule has 2 aliphatic rings. The molecular formula is C19H20N2O4S. The zero-order valence-electron chi connectivity index (χ0n) is 14.5. The van der Waals surface area contributed by atoms with Crippen molar-refractivity contribution >= 4 is 17.7 Å². The number of ether oxygens (including phenoxy) is 2. The SMILES string of the molecule is Cc1ccn(Cc2ccc3c(c2)OCO3)c(=O)c1C(=O)NC1CCSC1. The van der Waals surface area contributed by atoms with Gasteiger partial charge in [0.1, 0.15) is 5.56 Å². The molecule has 6 nitrogen and oxygen atoms in total. The van der Waals surface area contributed by atoms with E-state index in [2.05, 4.69) is 5.32 Å². The van der Waals surface area contributed by atoms with E-state index in [-0.39, 0.29) is 29.9 Å². The van der Waals surface area contributed by atoms with Crippen LogP contribution in [0.3, 0.4) is 0 Å².